The third-order valence-corrected chi connectivity index (χ3v) is 4.42. The van der Waals surface area contributed by atoms with Gasteiger partial charge in [-0.3, -0.25) is 14.9 Å². The second-order valence-electron chi connectivity index (χ2n) is 6.43. The first-order chi connectivity index (χ1) is 11.6. The van der Waals surface area contributed by atoms with Crippen molar-refractivity contribution >= 4 is 17.8 Å². The topological polar surface area (TPSA) is 96.5 Å². The number of amides is 4. The number of imide groups is 1. The summed E-state index contributed by atoms with van der Waals surface area (Å²) < 4.78 is 5.79. The molecule has 1 aliphatic carbocycles. The third kappa shape index (κ3) is 4.24. The molecule has 7 nitrogen and oxygen atoms in total. The van der Waals surface area contributed by atoms with Gasteiger partial charge in [-0.15, -0.1) is 0 Å². The van der Waals surface area contributed by atoms with E-state index in [1.54, 1.807) is 0 Å². The molecule has 3 N–H and O–H groups in total. The second-order valence-corrected chi connectivity index (χ2v) is 6.43. The van der Waals surface area contributed by atoms with Gasteiger partial charge < -0.3 is 15.4 Å². The molecule has 2 aliphatic rings. The Balaban J connectivity index is 1.47. The zero-order valence-corrected chi connectivity index (χ0v) is 13.3. The summed E-state index contributed by atoms with van der Waals surface area (Å²) in [5.41, 5.74) is -0.0334. The third-order valence-electron chi connectivity index (χ3n) is 4.42. The summed E-state index contributed by atoms with van der Waals surface area (Å²) in [6, 6.07) is 8.27. The highest BCUT2D eigenvalue weighted by Gasteiger charge is 2.44. The van der Waals surface area contributed by atoms with Crippen LogP contribution in [-0.2, 0) is 9.59 Å². The van der Waals surface area contributed by atoms with Crippen LogP contribution < -0.4 is 20.7 Å². The Bertz CT molecular complexity index is 628. The van der Waals surface area contributed by atoms with Crippen LogP contribution in [0.3, 0.4) is 0 Å². The Hall–Kier alpha value is -2.57. The minimum absolute atomic E-state index is 0.0334. The number of urea groups is 1. The Morgan fingerprint density at radius 1 is 1.25 bits per heavy atom. The van der Waals surface area contributed by atoms with Crippen LogP contribution in [0.2, 0.25) is 0 Å². The van der Waals surface area contributed by atoms with Gasteiger partial charge in [0.1, 0.15) is 11.8 Å². The fourth-order valence-electron chi connectivity index (χ4n) is 2.63. The van der Waals surface area contributed by atoms with Gasteiger partial charge in [0.05, 0.1) is 6.61 Å². The molecule has 0 unspecified atom stereocenters. The van der Waals surface area contributed by atoms with Gasteiger partial charge in [0.25, 0.3) is 0 Å². The van der Waals surface area contributed by atoms with Crippen molar-refractivity contribution in [3.63, 3.8) is 0 Å². The van der Waals surface area contributed by atoms with E-state index in [9.17, 15) is 14.4 Å². The first-order valence-corrected chi connectivity index (χ1v) is 8.12. The number of benzene rings is 1. The van der Waals surface area contributed by atoms with E-state index in [2.05, 4.69) is 16.0 Å². The standard InChI is InChI=1S/C17H21N3O4/c21-14-7-6-13(19-16(23)20-14)15(22)18-10-17(8-9-17)11-24-12-4-2-1-3-5-12/h1-5,13H,6-11H2,(H,18,22)(H2,19,20,21,23)/t13-/m1/s1. The number of rotatable bonds is 6. The minimum Gasteiger partial charge on any atom is -0.493 e. The Labute approximate surface area is 140 Å². The Kier molecular flexibility index (Phi) is 4.69. The average molecular weight is 331 g/mol. The van der Waals surface area contributed by atoms with Gasteiger partial charge >= 0.3 is 6.03 Å². The summed E-state index contributed by atoms with van der Waals surface area (Å²) in [5, 5.41) is 7.55. The molecule has 0 spiro atoms. The molecule has 4 amide bonds. The van der Waals surface area contributed by atoms with Crippen molar-refractivity contribution in [1.82, 2.24) is 16.0 Å². The van der Waals surface area contributed by atoms with Crippen LogP contribution in [0, 0.1) is 5.41 Å². The SMILES string of the molecule is O=C1CC[C@H](C(=O)NCC2(COc3ccccc3)CC2)NC(=O)N1. The van der Waals surface area contributed by atoms with Gasteiger partial charge in [0, 0.05) is 18.4 Å². The molecule has 1 saturated heterocycles. The van der Waals surface area contributed by atoms with E-state index in [0.717, 1.165) is 18.6 Å². The second kappa shape index (κ2) is 6.90. The van der Waals surface area contributed by atoms with E-state index in [4.69, 9.17) is 4.74 Å². The molecule has 128 valence electrons. The zero-order valence-electron chi connectivity index (χ0n) is 13.3. The molecule has 1 aromatic rings. The quantitative estimate of drug-likeness (QED) is 0.723. The summed E-state index contributed by atoms with van der Waals surface area (Å²) in [5.74, 6) is 0.194. The highest BCUT2D eigenvalue weighted by Crippen LogP contribution is 2.45. The summed E-state index contributed by atoms with van der Waals surface area (Å²) >= 11 is 0. The van der Waals surface area contributed by atoms with Crippen molar-refractivity contribution in [1.29, 1.82) is 0 Å². The van der Waals surface area contributed by atoms with Crippen LogP contribution in [0.15, 0.2) is 30.3 Å². The van der Waals surface area contributed by atoms with Gasteiger partial charge in [0.2, 0.25) is 11.8 Å². The predicted octanol–water partition coefficient (Wildman–Crippen LogP) is 0.950. The van der Waals surface area contributed by atoms with Gasteiger partial charge in [0.15, 0.2) is 0 Å². The molecule has 2 fully saturated rings. The maximum absolute atomic E-state index is 12.2. The number of para-hydroxylation sites is 1. The van der Waals surface area contributed by atoms with Gasteiger partial charge in [-0.1, -0.05) is 18.2 Å². The molecule has 1 aromatic carbocycles. The molecular weight excluding hydrogens is 310 g/mol. The van der Waals surface area contributed by atoms with Crippen LogP contribution in [0.5, 0.6) is 5.75 Å². The molecule has 1 heterocycles. The average Bonchev–Trinajstić information content (AvgIpc) is 3.37. The lowest BCUT2D eigenvalue weighted by molar-refractivity contribution is -0.123. The maximum Gasteiger partial charge on any atom is 0.322 e. The van der Waals surface area contributed by atoms with Crippen LogP contribution in [0.1, 0.15) is 25.7 Å². The van der Waals surface area contributed by atoms with Crippen molar-refractivity contribution in [2.45, 2.75) is 31.7 Å². The van der Waals surface area contributed by atoms with E-state index in [-0.39, 0.29) is 23.7 Å². The van der Waals surface area contributed by atoms with E-state index < -0.39 is 12.1 Å². The highest BCUT2D eigenvalue weighted by atomic mass is 16.5. The van der Waals surface area contributed by atoms with Crippen molar-refractivity contribution in [2.24, 2.45) is 5.41 Å². The molecule has 1 atom stereocenters. The molecule has 1 saturated carbocycles. The fraction of sp³-hybridized carbons (Fsp3) is 0.471. The van der Waals surface area contributed by atoms with Crippen LogP contribution in [0.25, 0.3) is 0 Å². The minimum atomic E-state index is -0.678. The molecule has 0 radical (unpaired) electrons. The first-order valence-electron chi connectivity index (χ1n) is 8.12. The van der Waals surface area contributed by atoms with E-state index in [0.29, 0.717) is 19.6 Å². The number of ether oxygens (including phenoxy) is 1. The Morgan fingerprint density at radius 2 is 2.00 bits per heavy atom. The highest BCUT2D eigenvalue weighted by molar-refractivity contribution is 5.98. The monoisotopic (exact) mass is 331 g/mol. The largest absolute Gasteiger partial charge is 0.493 e. The number of hydrogen-bond acceptors (Lipinski definition) is 4. The zero-order chi connectivity index (χ0) is 17.0. The molecule has 24 heavy (non-hydrogen) atoms. The number of nitrogens with one attached hydrogen (secondary N) is 3. The van der Waals surface area contributed by atoms with Crippen LogP contribution in [0.4, 0.5) is 4.79 Å². The van der Waals surface area contributed by atoms with E-state index in [1.165, 1.54) is 0 Å². The van der Waals surface area contributed by atoms with Crippen LogP contribution in [-0.4, -0.2) is 37.0 Å². The van der Waals surface area contributed by atoms with Gasteiger partial charge in [-0.05, 0) is 31.4 Å². The molecule has 1 aliphatic heterocycles. The number of carbonyl (C=O) groups excluding carboxylic acids is 3. The smallest absolute Gasteiger partial charge is 0.322 e. The summed E-state index contributed by atoms with van der Waals surface area (Å²) in [4.78, 5) is 35.0. The lowest BCUT2D eigenvalue weighted by Crippen LogP contribution is -2.49. The van der Waals surface area contributed by atoms with Crippen molar-refractivity contribution in [3.05, 3.63) is 30.3 Å². The number of hydrogen-bond donors (Lipinski definition) is 3. The molecule has 0 bridgehead atoms. The van der Waals surface area contributed by atoms with Gasteiger partial charge in [-0.2, -0.15) is 0 Å². The van der Waals surface area contributed by atoms with Crippen molar-refractivity contribution in [2.75, 3.05) is 13.2 Å². The summed E-state index contributed by atoms with van der Waals surface area (Å²) in [7, 11) is 0. The lowest BCUT2D eigenvalue weighted by Gasteiger charge is -2.20. The fourth-order valence-corrected chi connectivity index (χ4v) is 2.63. The lowest BCUT2D eigenvalue weighted by atomic mass is 10.1. The van der Waals surface area contributed by atoms with Gasteiger partial charge in [-0.25, -0.2) is 4.79 Å². The van der Waals surface area contributed by atoms with E-state index >= 15 is 0 Å². The van der Waals surface area contributed by atoms with Crippen molar-refractivity contribution < 1.29 is 19.1 Å². The van der Waals surface area contributed by atoms with Crippen molar-refractivity contribution in [3.8, 4) is 5.75 Å². The predicted molar refractivity (Wildman–Crippen MR) is 86.3 cm³/mol. The maximum atomic E-state index is 12.2. The van der Waals surface area contributed by atoms with E-state index in [1.807, 2.05) is 30.3 Å². The Morgan fingerprint density at radius 3 is 2.71 bits per heavy atom. The first kappa shape index (κ1) is 16.3. The summed E-state index contributed by atoms with van der Waals surface area (Å²) in [6.45, 7) is 1.06. The molecular formula is C17H21N3O4. The molecule has 0 aromatic heterocycles. The summed E-state index contributed by atoms with van der Waals surface area (Å²) in [6.07, 6.45) is 2.45. The normalized spacial score (nSPS) is 21.9. The molecule has 7 heteroatoms. The number of carbonyl (C=O) groups is 3. The molecule has 3 rings (SSSR count). The van der Waals surface area contributed by atoms with Crippen LogP contribution >= 0.6 is 0 Å².